The Labute approximate surface area is 170 Å². The van der Waals surface area contributed by atoms with Gasteiger partial charge >= 0.3 is 0 Å². The van der Waals surface area contributed by atoms with Gasteiger partial charge in [-0.05, 0) is 44.3 Å². The zero-order valence-corrected chi connectivity index (χ0v) is 16.8. The number of hydrogen-bond donors (Lipinski definition) is 1. The molecule has 2 aromatic carbocycles. The first-order valence-corrected chi connectivity index (χ1v) is 9.80. The molecule has 2 heterocycles. The third kappa shape index (κ3) is 4.14. The maximum atomic E-state index is 12.9. The van der Waals surface area contributed by atoms with Crippen molar-refractivity contribution in [3.63, 3.8) is 0 Å². The largest absolute Gasteiger partial charge is 0.497 e. The van der Waals surface area contributed by atoms with E-state index in [1.807, 2.05) is 24.3 Å². The number of nitrogens with one attached hydrogen (secondary N) is 1. The molecule has 0 aliphatic carbocycles. The van der Waals surface area contributed by atoms with Crippen LogP contribution in [-0.2, 0) is 0 Å². The third-order valence-electron chi connectivity index (χ3n) is 5.25. The molecule has 29 heavy (non-hydrogen) atoms. The zero-order chi connectivity index (χ0) is 20.2. The first-order valence-electron chi connectivity index (χ1n) is 9.80. The van der Waals surface area contributed by atoms with E-state index in [0.29, 0.717) is 11.4 Å². The molecule has 1 fully saturated rings. The monoisotopic (exact) mass is 391 g/mol. The van der Waals surface area contributed by atoms with Crippen LogP contribution in [0.1, 0.15) is 16.9 Å². The van der Waals surface area contributed by atoms with Crippen LogP contribution in [0.4, 0.5) is 11.5 Å². The Hall–Kier alpha value is -3.19. The normalized spacial score (nSPS) is 15.2. The Morgan fingerprint density at radius 1 is 0.966 bits per heavy atom. The highest BCUT2D eigenvalue weighted by Gasteiger charge is 2.20. The summed E-state index contributed by atoms with van der Waals surface area (Å²) in [6.07, 6.45) is 1.08. The summed E-state index contributed by atoms with van der Waals surface area (Å²) < 4.78 is 5.16. The number of rotatable bonds is 4. The van der Waals surface area contributed by atoms with E-state index in [9.17, 15) is 4.79 Å². The highest BCUT2D eigenvalue weighted by Crippen LogP contribution is 2.27. The van der Waals surface area contributed by atoms with Gasteiger partial charge in [-0.15, -0.1) is 10.2 Å². The molecule has 1 saturated heterocycles. The Morgan fingerprint density at radius 2 is 1.72 bits per heavy atom. The molecule has 0 unspecified atom stereocenters. The topological polar surface area (TPSA) is 70.6 Å². The van der Waals surface area contributed by atoms with Crippen molar-refractivity contribution in [2.75, 3.05) is 50.6 Å². The molecule has 7 nitrogen and oxygen atoms in total. The van der Waals surface area contributed by atoms with Crippen LogP contribution in [0, 0.1) is 0 Å². The molecule has 1 N–H and O–H groups in total. The van der Waals surface area contributed by atoms with Gasteiger partial charge in [0.15, 0.2) is 11.5 Å². The fourth-order valence-electron chi connectivity index (χ4n) is 3.61. The third-order valence-corrected chi connectivity index (χ3v) is 5.25. The summed E-state index contributed by atoms with van der Waals surface area (Å²) in [7, 11) is 3.75. The van der Waals surface area contributed by atoms with Gasteiger partial charge in [0, 0.05) is 36.1 Å². The minimum absolute atomic E-state index is 0.277. The Balaban J connectivity index is 1.64. The lowest BCUT2D eigenvalue weighted by atomic mass is 10.1. The summed E-state index contributed by atoms with van der Waals surface area (Å²) in [5.74, 6) is 1.30. The second kappa shape index (κ2) is 8.45. The number of anilines is 2. The SMILES string of the molecule is COc1ccc(NC(=O)c2nnc(N3CCCN(C)CC3)c3ccccc23)cc1. The summed E-state index contributed by atoms with van der Waals surface area (Å²) in [6, 6.07) is 15.1. The fourth-order valence-corrected chi connectivity index (χ4v) is 3.61. The number of aromatic nitrogens is 2. The summed E-state index contributed by atoms with van der Waals surface area (Å²) in [5, 5.41) is 13.4. The van der Waals surface area contributed by atoms with E-state index in [1.54, 1.807) is 31.4 Å². The minimum atomic E-state index is -0.277. The van der Waals surface area contributed by atoms with Crippen LogP contribution >= 0.6 is 0 Å². The molecule has 0 spiro atoms. The van der Waals surface area contributed by atoms with E-state index < -0.39 is 0 Å². The first kappa shape index (κ1) is 19.1. The van der Waals surface area contributed by atoms with Crippen molar-refractivity contribution < 1.29 is 9.53 Å². The molecule has 1 aliphatic heterocycles. The van der Waals surface area contributed by atoms with E-state index in [4.69, 9.17) is 4.74 Å². The summed E-state index contributed by atoms with van der Waals surface area (Å²) in [4.78, 5) is 17.5. The number of carbonyl (C=O) groups excluding carboxylic acids is 1. The van der Waals surface area contributed by atoms with Gasteiger partial charge in [0.1, 0.15) is 5.75 Å². The van der Waals surface area contributed by atoms with E-state index in [1.165, 1.54) is 0 Å². The van der Waals surface area contributed by atoms with Gasteiger partial charge in [0.2, 0.25) is 0 Å². The van der Waals surface area contributed by atoms with Gasteiger partial charge in [-0.3, -0.25) is 4.79 Å². The van der Waals surface area contributed by atoms with Crippen molar-refractivity contribution in [2.45, 2.75) is 6.42 Å². The van der Waals surface area contributed by atoms with Crippen LogP contribution in [0.25, 0.3) is 10.8 Å². The van der Waals surface area contributed by atoms with Gasteiger partial charge in [0.25, 0.3) is 5.91 Å². The lowest BCUT2D eigenvalue weighted by Crippen LogP contribution is -2.30. The molecule has 1 aromatic heterocycles. The lowest BCUT2D eigenvalue weighted by Gasteiger charge is -2.23. The molecule has 7 heteroatoms. The zero-order valence-electron chi connectivity index (χ0n) is 16.8. The van der Waals surface area contributed by atoms with Crippen molar-refractivity contribution in [2.24, 2.45) is 0 Å². The second-order valence-electron chi connectivity index (χ2n) is 7.24. The molecular formula is C22H25N5O2. The van der Waals surface area contributed by atoms with Gasteiger partial charge in [-0.25, -0.2) is 0 Å². The van der Waals surface area contributed by atoms with Crippen LogP contribution < -0.4 is 15.0 Å². The fraction of sp³-hybridized carbons (Fsp3) is 0.318. The Kier molecular flexibility index (Phi) is 5.57. The number of amides is 1. The highest BCUT2D eigenvalue weighted by molar-refractivity contribution is 6.12. The number of benzene rings is 2. The van der Waals surface area contributed by atoms with Gasteiger partial charge in [-0.2, -0.15) is 0 Å². The number of methoxy groups -OCH3 is 1. The van der Waals surface area contributed by atoms with Crippen LogP contribution in [0.3, 0.4) is 0 Å². The molecule has 0 saturated carbocycles. The van der Waals surface area contributed by atoms with E-state index in [-0.39, 0.29) is 5.91 Å². The van der Waals surface area contributed by atoms with Crippen molar-refractivity contribution in [3.8, 4) is 5.75 Å². The van der Waals surface area contributed by atoms with Crippen LogP contribution in [0.5, 0.6) is 5.75 Å². The molecule has 150 valence electrons. The van der Waals surface area contributed by atoms with Crippen molar-refractivity contribution in [3.05, 3.63) is 54.2 Å². The molecule has 3 aromatic rings. The molecular weight excluding hydrogens is 366 g/mol. The molecule has 1 amide bonds. The van der Waals surface area contributed by atoms with Gasteiger partial charge < -0.3 is 19.9 Å². The quantitative estimate of drug-likeness (QED) is 0.737. The lowest BCUT2D eigenvalue weighted by molar-refractivity contribution is 0.102. The predicted octanol–water partition coefficient (Wildman–Crippen LogP) is 3.03. The van der Waals surface area contributed by atoms with Crippen molar-refractivity contribution in [1.29, 1.82) is 0 Å². The molecule has 0 radical (unpaired) electrons. The molecule has 0 bridgehead atoms. The smallest absolute Gasteiger partial charge is 0.276 e. The van der Waals surface area contributed by atoms with Gasteiger partial charge in [0.05, 0.1) is 7.11 Å². The summed E-state index contributed by atoms with van der Waals surface area (Å²) in [5.41, 5.74) is 1.01. The van der Waals surface area contributed by atoms with Crippen LogP contribution in [0.15, 0.2) is 48.5 Å². The number of ether oxygens (including phenoxy) is 1. The average molecular weight is 391 g/mol. The number of fused-ring (bicyclic) bond motifs is 1. The standard InChI is InChI=1S/C22H25N5O2/c1-26-12-5-13-27(15-14-26)21-19-7-4-3-6-18(19)20(24-25-21)22(28)23-16-8-10-17(29-2)11-9-16/h3-4,6-11H,5,12-15H2,1-2H3,(H,23,28). The molecule has 4 rings (SSSR count). The highest BCUT2D eigenvalue weighted by atomic mass is 16.5. The maximum Gasteiger partial charge on any atom is 0.276 e. The number of hydrogen-bond acceptors (Lipinski definition) is 6. The number of carbonyl (C=O) groups is 1. The minimum Gasteiger partial charge on any atom is -0.497 e. The average Bonchev–Trinajstić information content (AvgIpc) is 2.98. The van der Waals surface area contributed by atoms with Crippen LogP contribution in [0.2, 0.25) is 0 Å². The first-order chi connectivity index (χ1) is 14.2. The van der Waals surface area contributed by atoms with Crippen molar-refractivity contribution in [1.82, 2.24) is 15.1 Å². The van der Waals surface area contributed by atoms with Crippen molar-refractivity contribution >= 4 is 28.2 Å². The van der Waals surface area contributed by atoms with Gasteiger partial charge in [-0.1, -0.05) is 24.3 Å². The number of likely N-dealkylation sites (N-methyl/N-ethyl adjacent to an activating group) is 1. The van der Waals surface area contributed by atoms with E-state index in [2.05, 4.69) is 32.4 Å². The van der Waals surface area contributed by atoms with E-state index >= 15 is 0 Å². The Morgan fingerprint density at radius 3 is 2.48 bits per heavy atom. The Bertz CT molecular complexity index is 1010. The second-order valence-corrected chi connectivity index (χ2v) is 7.24. The maximum absolute atomic E-state index is 12.9. The summed E-state index contributed by atoms with van der Waals surface area (Å²) in [6.45, 7) is 3.88. The van der Waals surface area contributed by atoms with E-state index in [0.717, 1.165) is 54.9 Å². The van der Waals surface area contributed by atoms with Crippen LogP contribution in [-0.4, -0.2) is 61.3 Å². The molecule has 1 aliphatic rings. The predicted molar refractivity (Wildman–Crippen MR) is 115 cm³/mol. The molecule has 0 atom stereocenters. The summed E-state index contributed by atoms with van der Waals surface area (Å²) >= 11 is 0. The number of nitrogens with zero attached hydrogens (tertiary/aromatic N) is 4.